The topological polar surface area (TPSA) is 142 Å². The normalized spacial score (nSPS) is 13.9. The molecule has 0 radical (unpaired) electrons. The van der Waals surface area contributed by atoms with Gasteiger partial charge in [-0.25, -0.2) is 0 Å². The lowest BCUT2D eigenvalue weighted by atomic mass is 9.77. The third-order valence-electron chi connectivity index (χ3n) is 10.3. The lowest BCUT2D eigenvalue weighted by Gasteiger charge is -2.46. The molecule has 0 bridgehead atoms. The predicted molar refractivity (Wildman–Crippen MR) is 211 cm³/mol. The number of hydrogen-bond donors (Lipinski definition) is 3. The molecule has 0 saturated carbocycles. The highest BCUT2D eigenvalue weighted by molar-refractivity contribution is 7.46. The predicted octanol–water partition coefficient (Wildman–Crippen LogP) is 8.23. The van der Waals surface area contributed by atoms with Crippen molar-refractivity contribution in [3.8, 4) is 11.5 Å². The number of carbonyl (C=O) groups is 2. The Hall–Kier alpha value is -4.19. The summed E-state index contributed by atoms with van der Waals surface area (Å²) in [5.41, 5.74) is -1.05. The van der Waals surface area contributed by atoms with Gasteiger partial charge >= 0.3 is 31.9 Å². The molecule has 0 aliphatic carbocycles. The van der Waals surface area contributed by atoms with E-state index in [9.17, 15) is 45.4 Å². The number of alkyl halides is 6. The van der Waals surface area contributed by atoms with E-state index in [0.717, 1.165) is 7.11 Å². The first-order valence-corrected chi connectivity index (χ1v) is 20.7. The fraction of sp³-hybridized carbons (Fsp3) is 0.512. The van der Waals surface area contributed by atoms with Gasteiger partial charge in [-0.2, -0.15) is 35.7 Å². The molecule has 3 N–H and O–H groups in total. The van der Waals surface area contributed by atoms with E-state index in [0.29, 0.717) is 28.2 Å². The number of amides is 2. The van der Waals surface area contributed by atoms with E-state index in [4.69, 9.17) is 23.6 Å². The van der Waals surface area contributed by atoms with Crippen molar-refractivity contribution in [3.63, 3.8) is 0 Å². The first-order valence-electron chi connectivity index (χ1n) is 19.2. The molecule has 0 aliphatic heterocycles. The fourth-order valence-corrected chi connectivity index (χ4v) is 8.87. The molecule has 2 amide bonds. The van der Waals surface area contributed by atoms with Crippen LogP contribution in [0.15, 0.2) is 78.9 Å². The van der Waals surface area contributed by atoms with Crippen LogP contribution in [-0.4, -0.2) is 93.2 Å². The van der Waals surface area contributed by atoms with Crippen molar-refractivity contribution in [1.82, 2.24) is 10.6 Å². The number of nitrogens with one attached hydrogen (secondary N) is 2. The van der Waals surface area contributed by atoms with E-state index in [1.807, 2.05) is 22.8 Å². The van der Waals surface area contributed by atoms with Gasteiger partial charge in [0.15, 0.2) is 0 Å². The summed E-state index contributed by atoms with van der Waals surface area (Å²) in [4.78, 5) is 41.4. The van der Waals surface area contributed by atoms with Crippen LogP contribution in [0.2, 0.25) is 0 Å². The second-order valence-corrected chi connectivity index (χ2v) is 16.8. The van der Waals surface area contributed by atoms with E-state index in [2.05, 4.69) is 0 Å². The molecule has 334 valence electrons. The minimum Gasteiger partial charge on any atom is -0.497 e. The van der Waals surface area contributed by atoms with Crippen LogP contribution in [-0.2, 0) is 33.9 Å². The van der Waals surface area contributed by atoms with Crippen LogP contribution in [0.5, 0.6) is 11.5 Å². The molecule has 0 spiro atoms. The summed E-state index contributed by atoms with van der Waals surface area (Å²) in [5.74, 6) is -3.28. The summed E-state index contributed by atoms with van der Waals surface area (Å²) >= 11 is 0. The lowest BCUT2D eigenvalue weighted by Crippen LogP contribution is -2.56. The molecule has 1 atom stereocenters. The maximum Gasteiger partial charge on any atom is 0.561 e. The molecule has 0 aromatic heterocycles. The Morgan fingerprint density at radius 3 is 1.42 bits per heavy atom. The average molecular weight is 879 g/mol. The fourth-order valence-electron chi connectivity index (χ4n) is 7.24. The Balaban J connectivity index is 2.31. The maximum atomic E-state index is 13.9. The first kappa shape index (κ1) is 50.2. The summed E-state index contributed by atoms with van der Waals surface area (Å²) in [6, 6.07) is 21.6. The number of benzene rings is 3. The number of hydrogen-bond acceptors (Lipinski definition) is 8. The lowest BCUT2D eigenvalue weighted by molar-refractivity contribution is -1.05. The van der Waals surface area contributed by atoms with Gasteiger partial charge < -0.3 is 24.8 Å². The van der Waals surface area contributed by atoms with Gasteiger partial charge in [-0.05, 0) is 94.3 Å². The molecule has 12 nitrogen and oxygen atoms in total. The number of quaternary nitrogens is 1. The second kappa shape index (κ2) is 21.1. The molecule has 3 aromatic carbocycles. The summed E-state index contributed by atoms with van der Waals surface area (Å²) < 4.78 is 115. The molecule has 1 unspecified atom stereocenters. The summed E-state index contributed by atoms with van der Waals surface area (Å²) in [5, 5.41) is 3.70. The molecule has 0 saturated heterocycles. The van der Waals surface area contributed by atoms with Gasteiger partial charge in [0.1, 0.15) is 35.8 Å². The monoisotopic (exact) mass is 878 g/mol. The molecule has 60 heavy (non-hydrogen) atoms. The van der Waals surface area contributed by atoms with Crippen molar-refractivity contribution in [2.45, 2.75) is 83.4 Å². The smallest absolute Gasteiger partial charge is 0.497 e. The van der Waals surface area contributed by atoms with Crippen molar-refractivity contribution in [1.29, 1.82) is 0 Å². The van der Waals surface area contributed by atoms with Crippen LogP contribution in [0.25, 0.3) is 0 Å². The standard InChI is InChI=1S/C41H54F6N3O9P/c1-29(2)50(30(3)4,60(53,54)57-7)59-28-38(23-11-25-48-36(51)40(42,43)44,24-12-26-49-37(52)41(45,46)47)27-58-39(31-13-9-8-10-14-31,32-15-19-34(55-5)20-16-32)33-17-21-35(56-6)22-18-33/h8-10,13-22,29-30H,11-12,23-28H2,1-7H3,(H2-,48,49,51,52,53,54)/p+1. The van der Waals surface area contributed by atoms with Gasteiger partial charge in [-0.3, -0.25) is 19.0 Å². The number of ether oxygens (including phenoxy) is 3. The van der Waals surface area contributed by atoms with Crippen molar-refractivity contribution in [2.75, 3.05) is 47.6 Å². The molecular weight excluding hydrogens is 823 g/mol. The molecule has 0 aliphatic rings. The van der Waals surface area contributed by atoms with Crippen molar-refractivity contribution >= 4 is 19.6 Å². The zero-order valence-electron chi connectivity index (χ0n) is 34.7. The van der Waals surface area contributed by atoms with E-state index < -0.39 is 79.1 Å². The van der Waals surface area contributed by atoms with E-state index in [-0.39, 0.29) is 32.3 Å². The second-order valence-electron chi connectivity index (χ2n) is 14.8. The largest absolute Gasteiger partial charge is 0.561 e. The third-order valence-corrected chi connectivity index (χ3v) is 12.6. The van der Waals surface area contributed by atoms with Crippen molar-refractivity contribution in [3.05, 3.63) is 95.6 Å². The van der Waals surface area contributed by atoms with Gasteiger partial charge in [0, 0.05) is 18.5 Å². The van der Waals surface area contributed by atoms with Gasteiger partial charge in [0.25, 0.3) is 0 Å². The van der Waals surface area contributed by atoms with Crippen LogP contribution >= 0.6 is 7.75 Å². The minimum absolute atomic E-state index is 0.0899. The first-order chi connectivity index (χ1) is 28.0. The SMILES string of the molecule is COc1ccc(C(OCC(CCCNC(=O)C(F)(F)F)(CCCNC(=O)C(F)(F)F)CO[N+](C(C)C)(C(C)C)P(=O)(O)OC)(c2ccccc2)c2ccc(OC)cc2)cc1. The zero-order valence-corrected chi connectivity index (χ0v) is 35.6. The molecule has 0 heterocycles. The zero-order chi connectivity index (χ0) is 45.0. The van der Waals surface area contributed by atoms with Gasteiger partial charge in [0.2, 0.25) is 0 Å². The maximum absolute atomic E-state index is 13.9. The number of methoxy groups -OCH3 is 2. The molecule has 19 heteroatoms. The summed E-state index contributed by atoms with van der Waals surface area (Å²) in [7, 11) is -0.612. The van der Waals surface area contributed by atoms with Crippen LogP contribution in [0.4, 0.5) is 26.3 Å². The van der Waals surface area contributed by atoms with Gasteiger partial charge in [0.05, 0.1) is 27.9 Å². The number of rotatable bonds is 23. The summed E-state index contributed by atoms with van der Waals surface area (Å²) in [6.45, 7) is 4.79. The number of nitrogens with zero attached hydrogens (tertiary/aromatic N) is 1. The van der Waals surface area contributed by atoms with Gasteiger partial charge in [-0.1, -0.05) is 59.0 Å². The molecule has 0 fully saturated rings. The van der Waals surface area contributed by atoms with Crippen molar-refractivity contribution < 1.29 is 73.4 Å². The average Bonchev–Trinajstić information content (AvgIpc) is 3.21. The van der Waals surface area contributed by atoms with E-state index >= 15 is 0 Å². The van der Waals surface area contributed by atoms with Crippen LogP contribution in [0.3, 0.4) is 0 Å². The minimum atomic E-state index is -5.17. The Labute approximate surface area is 346 Å². The van der Waals surface area contributed by atoms with E-state index in [1.54, 1.807) is 94.4 Å². The number of halogens is 6. The van der Waals surface area contributed by atoms with Crippen molar-refractivity contribution in [2.24, 2.45) is 5.41 Å². The number of carbonyl (C=O) groups excluding carboxylic acids is 2. The van der Waals surface area contributed by atoms with Crippen LogP contribution in [0, 0.1) is 5.41 Å². The Bertz CT molecular complexity index is 1770. The molecule has 3 rings (SSSR count). The Kier molecular flexibility index (Phi) is 17.6. The highest BCUT2D eigenvalue weighted by Crippen LogP contribution is 2.57. The Morgan fingerprint density at radius 2 is 1.07 bits per heavy atom. The highest BCUT2D eigenvalue weighted by Gasteiger charge is 2.57. The molecule has 3 aromatic rings. The molecular formula is C41H55F6N3O9P+. The van der Waals surface area contributed by atoms with Crippen LogP contribution in [0.1, 0.15) is 70.1 Å². The van der Waals surface area contributed by atoms with Gasteiger partial charge in [-0.15, -0.1) is 0 Å². The third kappa shape index (κ3) is 12.0. The Morgan fingerprint density at radius 1 is 0.667 bits per heavy atom. The quantitative estimate of drug-likeness (QED) is 0.0283. The van der Waals surface area contributed by atoms with E-state index in [1.165, 1.54) is 14.2 Å². The summed E-state index contributed by atoms with van der Waals surface area (Å²) in [6.07, 6.45) is -10.8. The highest BCUT2D eigenvalue weighted by atomic mass is 31.2. The van der Waals surface area contributed by atoms with Crippen LogP contribution < -0.4 is 20.1 Å². The number of hydroxylamine groups is 2.